The highest BCUT2D eigenvalue weighted by atomic mass is 32.2. The van der Waals surface area contributed by atoms with Crippen molar-refractivity contribution >= 4 is 21.7 Å². The van der Waals surface area contributed by atoms with Crippen molar-refractivity contribution in [3.63, 3.8) is 0 Å². The first-order valence-electron chi connectivity index (χ1n) is 7.17. The molecule has 4 N–H and O–H groups in total. The number of carboxylic acid groups (broad SMARTS) is 1. The topological polar surface area (TPSA) is 127 Å². The van der Waals surface area contributed by atoms with Gasteiger partial charge in [0.25, 0.3) is 0 Å². The van der Waals surface area contributed by atoms with E-state index < -0.39 is 27.8 Å². The Morgan fingerprint density at radius 3 is 2.48 bits per heavy atom. The van der Waals surface area contributed by atoms with Crippen molar-refractivity contribution in [2.45, 2.75) is 50.6 Å². The number of sulfone groups is 1. The fourth-order valence-corrected chi connectivity index (χ4v) is 3.19. The van der Waals surface area contributed by atoms with Crippen LogP contribution in [0.25, 0.3) is 0 Å². The third-order valence-electron chi connectivity index (χ3n) is 3.80. The summed E-state index contributed by atoms with van der Waals surface area (Å²) in [4.78, 5) is 23.3. The molecule has 122 valence electrons. The maximum absolute atomic E-state index is 12.2. The van der Waals surface area contributed by atoms with E-state index in [2.05, 4.69) is 5.32 Å². The monoisotopic (exact) mass is 320 g/mol. The van der Waals surface area contributed by atoms with Crippen molar-refractivity contribution in [2.75, 3.05) is 12.0 Å². The largest absolute Gasteiger partial charge is 0.480 e. The molecule has 0 aromatic rings. The lowest BCUT2D eigenvalue weighted by Crippen LogP contribution is -2.48. The van der Waals surface area contributed by atoms with E-state index in [1.807, 2.05) is 0 Å². The Morgan fingerprint density at radius 2 is 1.90 bits per heavy atom. The zero-order chi connectivity index (χ0) is 16.0. The van der Waals surface area contributed by atoms with Crippen LogP contribution in [0.4, 0.5) is 0 Å². The molecule has 0 bridgehead atoms. The van der Waals surface area contributed by atoms with Gasteiger partial charge in [0.2, 0.25) is 5.91 Å². The quantitative estimate of drug-likeness (QED) is 0.586. The number of amides is 1. The molecule has 0 aromatic carbocycles. The molecule has 0 spiro atoms. The Labute approximate surface area is 125 Å². The summed E-state index contributed by atoms with van der Waals surface area (Å²) in [5.74, 6) is -2.28. The summed E-state index contributed by atoms with van der Waals surface area (Å²) in [6.07, 6.45) is 5.18. The first kappa shape index (κ1) is 17.9. The lowest BCUT2D eigenvalue weighted by Gasteiger charge is -2.23. The molecule has 3 atom stereocenters. The predicted octanol–water partition coefficient (Wildman–Crippen LogP) is -0.102. The number of aliphatic carboxylic acids is 1. The van der Waals surface area contributed by atoms with E-state index in [0.717, 1.165) is 31.9 Å². The molecule has 0 saturated heterocycles. The zero-order valence-electron chi connectivity index (χ0n) is 12.2. The van der Waals surface area contributed by atoms with Crippen LogP contribution in [-0.4, -0.2) is 49.5 Å². The second-order valence-corrected chi connectivity index (χ2v) is 7.99. The molecular weight excluding hydrogens is 296 g/mol. The van der Waals surface area contributed by atoms with Gasteiger partial charge in [0.1, 0.15) is 15.9 Å². The van der Waals surface area contributed by atoms with E-state index in [1.165, 1.54) is 0 Å². The molecule has 8 heteroatoms. The fourth-order valence-electron chi connectivity index (χ4n) is 2.53. The van der Waals surface area contributed by atoms with Crippen molar-refractivity contribution in [3.05, 3.63) is 0 Å². The molecule has 0 aromatic heterocycles. The van der Waals surface area contributed by atoms with Crippen LogP contribution in [0.15, 0.2) is 0 Å². The number of nitrogens with two attached hydrogens (primary N) is 1. The lowest BCUT2D eigenvalue weighted by molar-refractivity contribution is -0.142. The smallest absolute Gasteiger partial charge is 0.326 e. The molecule has 0 aliphatic heterocycles. The number of rotatable bonds is 6. The van der Waals surface area contributed by atoms with Gasteiger partial charge < -0.3 is 16.2 Å². The second-order valence-electron chi connectivity index (χ2n) is 5.73. The van der Waals surface area contributed by atoms with Crippen LogP contribution in [0, 0.1) is 5.92 Å². The molecule has 1 fully saturated rings. The van der Waals surface area contributed by atoms with Gasteiger partial charge in [-0.1, -0.05) is 19.3 Å². The maximum Gasteiger partial charge on any atom is 0.326 e. The SMILES string of the molecule is CS(=O)(=O)CCC(NC(=O)C1CCCCCC1N)C(=O)O. The van der Waals surface area contributed by atoms with Gasteiger partial charge in [-0.3, -0.25) is 4.79 Å². The fraction of sp³-hybridized carbons (Fsp3) is 0.846. The first-order chi connectivity index (χ1) is 9.70. The zero-order valence-corrected chi connectivity index (χ0v) is 13.1. The molecular formula is C13H24N2O5S. The van der Waals surface area contributed by atoms with E-state index in [0.29, 0.717) is 6.42 Å². The van der Waals surface area contributed by atoms with E-state index in [4.69, 9.17) is 10.8 Å². The van der Waals surface area contributed by atoms with Crippen LogP contribution >= 0.6 is 0 Å². The summed E-state index contributed by atoms with van der Waals surface area (Å²) in [5.41, 5.74) is 5.97. The molecule has 1 aliphatic rings. The van der Waals surface area contributed by atoms with Gasteiger partial charge >= 0.3 is 5.97 Å². The highest BCUT2D eigenvalue weighted by Gasteiger charge is 2.30. The standard InChI is InChI=1S/C13H24N2O5S/c1-21(19,20)8-7-11(13(17)18)15-12(16)9-5-3-2-4-6-10(9)14/h9-11H,2-8,14H2,1H3,(H,15,16)(H,17,18). The van der Waals surface area contributed by atoms with Crippen LogP contribution in [-0.2, 0) is 19.4 Å². The van der Waals surface area contributed by atoms with Gasteiger partial charge in [-0.15, -0.1) is 0 Å². The Bertz CT molecular complexity index is 477. The van der Waals surface area contributed by atoms with Crippen LogP contribution in [0.5, 0.6) is 0 Å². The predicted molar refractivity (Wildman–Crippen MR) is 78.4 cm³/mol. The Hall–Kier alpha value is -1.15. The van der Waals surface area contributed by atoms with Crippen molar-refractivity contribution in [2.24, 2.45) is 11.7 Å². The van der Waals surface area contributed by atoms with Crippen molar-refractivity contribution in [3.8, 4) is 0 Å². The van der Waals surface area contributed by atoms with Gasteiger partial charge in [0.15, 0.2) is 0 Å². The normalized spacial score (nSPS) is 24.9. The molecule has 7 nitrogen and oxygen atoms in total. The third kappa shape index (κ3) is 6.43. The van der Waals surface area contributed by atoms with Crippen molar-refractivity contribution in [1.82, 2.24) is 5.32 Å². The second kappa shape index (κ2) is 7.74. The molecule has 1 aliphatic carbocycles. The van der Waals surface area contributed by atoms with Crippen molar-refractivity contribution < 1.29 is 23.1 Å². The van der Waals surface area contributed by atoms with Gasteiger partial charge in [0.05, 0.1) is 11.7 Å². The Morgan fingerprint density at radius 1 is 1.29 bits per heavy atom. The summed E-state index contributed by atoms with van der Waals surface area (Å²) in [7, 11) is -3.27. The number of nitrogens with one attached hydrogen (secondary N) is 1. The minimum Gasteiger partial charge on any atom is -0.480 e. The molecule has 0 radical (unpaired) electrons. The van der Waals surface area contributed by atoms with Gasteiger partial charge in [-0.05, 0) is 19.3 Å². The number of hydrogen-bond donors (Lipinski definition) is 3. The summed E-state index contributed by atoms with van der Waals surface area (Å²) in [6, 6.07) is -1.46. The van der Waals surface area contributed by atoms with E-state index >= 15 is 0 Å². The van der Waals surface area contributed by atoms with E-state index in [9.17, 15) is 18.0 Å². The number of carbonyl (C=O) groups excluding carboxylic acids is 1. The van der Waals surface area contributed by atoms with Crippen LogP contribution < -0.4 is 11.1 Å². The first-order valence-corrected chi connectivity index (χ1v) is 9.23. The maximum atomic E-state index is 12.2. The molecule has 1 amide bonds. The summed E-state index contributed by atoms with van der Waals surface area (Å²) in [6.45, 7) is 0. The molecule has 0 heterocycles. The summed E-state index contributed by atoms with van der Waals surface area (Å²) >= 11 is 0. The van der Waals surface area contributed by atoms with Crippen LogP contribution in [0.3, 0.4) is 0 Å². The Kier molecular flexibility index (Phi) is 6.60. The van der Waals surface area contributed by atoms with Gasteiger partial charge in [-0.25, -0.2) is 13.2 Å². The van der Waals surface area contributed by atoms with Crippen molar-refractivity contribution in [1.29, 1.82) is 0 Å². The molecule has 1 rings (SSSR count). The van der Waals surface area contributed by atoms with Gasteiger partial charge in [-0.2, -0.15) is 0 Å². The average molecular weight is 320 g/mol. The summed E-state index contributed by atoms with van der Waals surface area (Å²) in [5, 5.41) is 11.5. The molecule has 21 heavy (non-hydrogen) atoms. The molecule has 3 unspecified atom stereocenters. The highest BCUT2D eigenvalue weighted by molar-refractivity contribution is 7.90. The molecule has 1 saturated carbocycles. The number of carbonyl (C=O) groups is 2. The minimum absolute atomic E-state index is 0.137. The minimum atomic E-state index is -3.27. The van der Waals surface area contributed by atoms with Crippen LogP contribution in [0.2, 0.25) is 0 Å². The van der Waals surface area contributed by atoms with E-state index in [-0.39, 0.29) is 24.1 Å². The average Bonchev–Trinajstić information content (AvgIpc) is 2.57. The lowest BCUT2D eigenvalue weighted by atomic mass is 9.94. The number of carboxylic acids is 1. The third-order valence-corrected chi connectivity index (χ3v) is 4.78. The number of hydrogen-bond acceptors (Lipinski definition) is 5. The van der Waals surface area contributed by atoms with Crippen LogP contribution in [0.1, 0.15) is 38.5 Å². The van der Waals surface area contributed by atoms with E-state index in [1.54, 1.807) is 0 Å². The Balaban J connectivity index is 2.64. The summed E-state index contributed by atoms with van der Waals surface area (Å²) < 4.78 is 22.2. The van der Waals surface area contributed by atoms with Gasteiger partial charge in [0, 0.05) is 12.3 Å². The highest BCUT2D eigenvalue weighted by Crippen LogP contribution is 2.22.